The molecule has 0 aliphatic carbocycles. The predicted molar refractivity (Wildman–Crippen MR) is 91.7 cm³/mol. The highest BCUT2D eigenvalue weighted by atomic mass is 32.1. The molecule has 0 bridgehead atoms. The molecule has 1 aromatic heterocycles. The van der Waals surface area contributed by atoms with E-state index in [9.17, 15) is 4.79 Å². The number of benzene rings is 1. The third-order valence-electron chi connectivity index (χ3n) is 3.99. The van der Waals surface area contributed by atoms with Crippen LogP contribution >= 0.6 is 11.3 Å². The van der Waals surface area contributed by atoms with Crippen molar-refractivity contribution in [1.82, 2.24) is 0 Å². The Morgan fingerprint density at radius 1 is 0.905 bits per heavy atom. The fraction of sp³-hybridized carbons (Fsp3) is 0.421. The molecular formula is C19H24OS. The van der Waals surface area contributed by atoms with Gasteiger partial charge < -0.3 is 0 Å². The molecule has 2 heteroatoms. The minimum Gasteiger partial charge on any atom is -0.288 e. The van der Waals surface area contributed by atoms with Crippen LogP contribution in [0.2, 0.25) is 0 Å². The van der Waals surface area contributed by atoms with E-state index >= 15 is 0 Å². The average Bonchev–Trinajstić information content (AvgIpc) is 3.01. The number of rotatable bonds is 6. The summed E-state index contributed by atoms with van der Waals surface area (Å²) in [5.74, 6) is 0.205. The van der Waals surface area contributed by atoms with E-state index in [-0.39, 0.29) is 5.78 Å². The zero-order valence-electron chi connectivity index (χ0n) is 13.5. The molecule has 0 saturated carbocycles. The number of thiophene rings is 1. The van der Waals surface area contributed by atoms with Gasteiger partial charge in [0.15, 0.2) is 0 Å². The highest BCUT2D eigenvalue weighted by molar-refractivity contribution is 7.14. The van der Waals surface area contributed by atoms with Crippen LogP contribution in [0.3, 0.4) is 0 Å². The Balaban J connectivity index is 2.53. The van der Waals surface area contributed by atoms with E-state index in [2.05, 4.69) is 45.9 Å². The van der Waals surface area contributed by atoms with Gasteiger partial charge in [0.25, 0.3) is 0 Å². The average molecular weight is 300 g/mol. The highest BCUT2D eigenvalue weighted by Crippen LogP contribution is 2.26. The molecule has 0 aliphatic heterocycles. The van der Waals surface area contributed by atoms with Crippen LogP contribution in [0.1, 0.15) is 64.5 Å². The Labute approximate surface area is 132 Å². The van der Waals surface area contributed by atoms with Crippen LogP contribution < -0.4 is 0 Å². The fourth-order valence-electron chi connectivity index (χ4n) is 2.71. The SMILES string of the molecule is CCc1cc(CC)c(C(=O)c2ccc(CC)s2)c(CC)c1. The van der Waals surface area contributed by atoms with Gasteiger partial charge >= 0.3 is 0 Å². The van der Waals surface area contributed by atoms with Gasteiger partial charge in [-0.2, -0.15) is 0 Å². The lowest BCUT2D eigenvalue weighted by atomic mass is 9.91. The molecule has 0 radical (unpaired) electrons. The Morgan fingerprint density at radius 2 is 1.52 bits per heavy atom. The lowest BCUT2D eigenvalue weighted by Crippen LogP contribution is -2.09. The second-order valence-corrected chi connectivity index (χ2v) is 6.47. The molecule has 2 rings (SSSR count). The summed E-state index contributed by atoms with van der Waals surface area (Å²) in [7, 11) is 0. The van der Waals surface area contributed by atoms with Crippen LogP contribution in [0.5, 0.6) is 0 Å². The van der Waals surface area contributed by atoms with Crippen molar-refractivity contribution in [1.29, 1.82) is 0 Å². The molecule has 0 N–H and O–H groups in total. The maximum Gasteiger partial charge on any atom is 0.203 e. The molecule has 0 saturated heterocycles. The van der Waals surface area contributed by atoms with Crippen molar-refractivity contribution in [3.63, 3.8) is 0 Å². The first-order valence-electron chi connectivity index (χ1n) is 7.92. The first kappa shape index (κ1) is 16.0. The van der Waals surface area contributed by atoms with Gasteiger partial charge in [-0.3, -0.25) is 4.79 Å². The predicted octanol–water partition coefficient (Wildman–Crippen LogP) is 5.23. The molecule has 1 nitrogen and oxygen atoms in total. The topological polar surface area (TPSA) is 17.1 Å². The Kier molecular flexibility index (Phi) is 5.35. The summed E-state index contributed by atoms with van der Waals surface area (Å²) in [6, 6.07) is 8.48. The third kappa shape index (κ3) is 3.26. The summed E-state index contributed by atoms with van der Waals surface area (Å²) in [4.78, 5) is 15.1. The molecule has 0 spiro atoms. The summed E-state index contributed by atoms with van der Waals surface area (Å²) >= 11 is 1.63. The van der Waals surface area contributed by atoms with Gasteiger partial charge in [0.1, 0.15) is 0 Å². The van der Waals surface area contributed by atoms with E-state index in [1.807, 2.05) is 6.07 Å². The quantitative estimate of drug-likeness (QED) is 0.668. The summed E-state index contributed by atoms with van der Waals surface area (Å²) in [6.45, 7) is 8.57. The Morgan fingerprint density at radius 3 is 1.95 bits per heavy atom. The molecule has 112 valence electrons. The largest absolute Gasteiger partial charge is 0.288 e. The van der Waals surface area contributed by atoms with Gasteiger partial charge in [0.05, 0.1) is 4.88 Å². The lowest BCUT2D eigenvalue weighted by molar-refractivity contribution is 0.104. The molecule has 0 unspecified atom stereocenters. The van der Waals surface area contributed by atoms with Crippen LogP contribution in [0.4, 0.5) is 0 Å². The van der Waals surface area contributed by atoms with E-state index in [1.165, 1.54) is 21.6 Å². The monoisotopic (exact) mass is 300 g/mol. The van der Waals surface area contributed by atoms with Crippen molar-refractivity contribution in [3.8, 4) is 0 Å². The molecule has 0 fully saturated rings. The molecule has 1 heterocycles. The van der Waals surface area contributed by atoms with Crippen LogP contribution in [0, 0.1) is 0 Å². The number of carbonyl (C=O) groups excluding carboxylic acids is 1. The second-order valence-electron chi connectivity index (χ2n) is 5.30. The van der Waals surface area contributed by atoms with Gasteiger partial charge in [-0.05, 0) is 54.5 Å². The van der Waals surface area contributed by atoms with Crippen molar-refractivity contribution < 1.29 is 4.79 Å². The molecule has 21 heavy (non-hydrogen) atoms. The molecule has 0 amide bonds. The standard InChI is InChI=1S/C19H24OS/c1-5-13-11-14(6-2)18(15(7-3)12-13)19(20)17-10-9-16(8-4)21-17/h9-12H,5-8H2,1-4H3. The van der Waals surface area contributed by atoms with Crippen LogP contribution in [-0.4, -0.2) is 5.78 Å². The van der Waals surface area contributed by atoms with E-state index < -0.39 is 0 Å². The minimum absolute atomic E-state index is 0.205. The number of hydrogen-bond donors (Lipinski definition) is 0. The summed E-state index contributed by atoms with van der Waals surface area (Å²) in [6.07, 6.45) is 3.84. The third-order valence-corrected chi connectivity index (χ3v) is 5.22. The van der Waals surface area contributed by atoms with Crippen molar-refractivity contribution >= 4 is 17.1 Å². The van der Waals surface area contributed by atoms with Crippen LogP contribution in [0.25, 0.3) is 0 Å². The van der Waals surface area contributed by atoms with Crippen molar-refractivity contribution in [2.24, 2.45) is 0 Å². The second kappa shape index (κ2) is 7.04. The van der Waals surface area contributed by atoms with Crippen LogP contribution in [0.15, 0.2) is 24.3 Å². The van der Waals surface area contributed by atoms with Crippen molar-refractivity contribution in [3.05, 3.63) is 56.3 Å². The fourth-order valence-corrected chi connectivity index (χ4v) is 3.60. The lowest BCUT2D eigenvalue weighted by Gasteiger charge is -2.14. The van der Waals surface area contributed by atoms with Crippen LogP contribution in [-0.2, 0) is 25.7 Å². The van der Waals surface area contributed by atoms with Gasteiger partial charge in [-0.1, -0.05) is 39.8 Å². The van der Waals surface area contributed by atoms with Gasteiger partial charge in [-0.15, -0.1) is 11.3 Å². The summed E-state index contributed by atoms with van der Waals surface area (Å²) in [5, 5.41) is 0. The zero-order valence-corrected chi connectivity index (χ0v) is 14.3. The van der Waals surface area contributed by atoms with Gasteiger partial charge in [0.2, 0.25) is 5.78 Å². The van der Waals surface area contributed by atoms with Crippen molar-refractivity contribution in [2.75, 3.05) is 0 Å². The van der Waals surface area contributed by atoms with Gasteiger partial charge in [0, 0.05) is 10.4 Å². The summed E-state index contributed by atoms with van der Waals surface area (Å²) < 4.78 is 0. The minimum atomic E-state index is 0.205. The van der Waals surface area contributed by atoms with E-state index in [0.717, 1.165) is 36.1 Å². The molecule has 2 aromatic rings. The summed E-state index contributed by atoms with van der Waals surface area (Å²) in [5.41, 5.74) is 4.67. The van der Waals surface area contributed by atoms with E-state index in [0.29, 0.717) is 0 Å². The van der Waals surface area contributed by atoms with Gasteiger partial charge in [-0.25, -0.2) is 0 Å². The number of hydrogen-bond acceptors (Lipinski definition) is 2. The van der Waals surface area contributed by atoms with E-state index in [4.69, 9.17) is 0 Å². The first-order chi connectivity index (χ1) is 10.1. The Hall–Kier alpha value is -1.41. The number of ketones is 1. The van der Waals surface area contributed by atoms with Crippen molar-refractivity contribution in [2.45, 2.75) is 53.4 Å². The van der Waals surface area contributed by atoms with E-state index in [1.54, 1.807) is 11.3 Å². The zero-order chi connectivity index (χ0) is 15.4. The maximum absolute atomic E-state index is 12.9. The number of aryl methyl sites for hydroxylation is 4. The smallest absolute Gasteiger partial charge is 0.203 e. The molecule has 0 aliphatic rings. The molecular weight excluding hydrogens is 276 g/mol. The normalized spacial score (nSPS) is 10.9. The molecule has 0 atom stereocenters. The maximum atomic E-state index is 12.9. The highest BCUT2D eigenvalue weighted by Gasteiger charge is 2.19. The molecule has 1 aromatic carbocycles. The Bertz CT molecular complexity index is 612. The number of carbonyl (C=O) groups is 1. The first-order valence-corrected chi connectivity index (χ1v) is 8.74.